The van der Waals surface area contributed by atoms with Gasteiger partial charge in [0, 0.05) is 11.8 Å². The van der Waals surface area contributed by atoms with Crippen molar-refractivity contribution in [2.45, 2.75) is 6.92 Å². The number of carboxylic acid groups (broad SMARTS) is 1. The molecule has 0 saturated carbocycles. The van der Waals surface area contributed by atoms with E-state index < -0.39 is 16.0 Å². The summed E-state index contributed by atoms with van der Waals surface area (Å²) in [5, 5.41) is 8.49. The first-order valence-electron chi connectivity index (χ1n) is 4.77. The lowest BCUT2D eigenvalue weighted by molar-refractivity contribution is -0.131. The molecule has 0 fully saturated rings. The second-order valence-electron chi connectivity index (χ2n) is 3.62. The summed E-state index contributed by atoms with van der Waals surface area (Å²) in [5.41, 5.74) is 1.97. The van der Waals surface area contributed by atoms with Crippen molar-refractivity contribution < 1.29 is 18.3 Å². The number of carboxylic acids is 1. The number of nitrogens with one attached hydrogen (secondary N) is 1. The van der Waals surface area contributed by atoms with Gasteiger partial charge in [-0.25, -0.2) is 13.2 Å². The normalized spacial score (nSPS) is 11.6. The maximum Gasteiger partial charge on any atom is 0.328 e. The molecule has 6 heteroatoms. The summed E-state index contributed by atoms with van der Waals surface area (Å²) in [4.78, 5) is 10.4. The third kappa shape index (κ3) is 4.69. The highest BCUT2D eigenvalue weighted by atomic mass is 32.2. The molecule has 1 aromatic rings. The van der Waals surface area contributed by atoms with Gasteiger partial charge >= 0.3 is 5.97 Å². The van der Waals surface area contributed by atoms with Gasteiger partial charge in [-0.1, -0.05) is 6.07 Å². The number of carbonyl (C=O) groups is 1. The summed E-state index contributed by atoms with van der Waals surface area (Å²) >= 11 is 0. The van der Waals surface area contributed by atoms with Crippen LogP contribution in [-0.4, -0.2) is 25.7 Å². The van der Waals surface area contributed by atoms with Crippen molar-refractivity contribution in [2.75, 3.05) is 11.0 Å². The van der Waals surface area contributed by atoms with Gasteiger partial charge in [-0.3, -0.25) is 4.72 Å². The molecule has 5 nitrogen and oxygen atoms in total. The van der Waals surface area contributed by atoms with Crippen molar-refractivity contribution in [3.63, 3.8) is 0 Å². The van der Waals surface area contributed by atoms with Crippen LogP contribution >= 0.6 is 0 Å². The number of hydrogen-bond donors (Lipinski definition) is 2. The standard InChI is InChI=1S/C11H13NO4S/c1-8-7-10(12-17(2,15)16)5-3-9(8)4-6-11(13)14/h3-7,12H,1-2H3,(H,13,14)/b6-4+. The maximum absolute atomic E-state index is 11.0. The molecule has 0 unspecified atom stereocenters. The summed E-state index contributed by atoms with van der Waals surface area (Å²) in [5.74, 6) is -1.03. The van der Waals surface area contributed by atoms with E-state index in [2.05, 4.69) is 4.72 Å². The van der Waals surface area contributed by atoms with Crippen LogP contribution in [0.2, 0.25) is 0 Å². The minimum atomic E-state index is -3.29. The van der Waals surface area contributed by atoms with Crippen molar-refractivity contribution in [1.29, 1.82) is 0 Å². The van der Waals surface area contributed by atoms with Crippen molar-refractivity contribution in [3.8, 4) is 0 Å². The fraction of sp³-hybridized carbons (Fsp3) is 0.182. The average molecular weight is 255 g/mol. The fourth-order valence-corrected chi connectivity index (χ4v) is 1.86. The molecule has 0 heterocycles. The van der Waals surface area contributed by atoms with Crippen molar-refractivity contribution in [2.24, 2.45) is 0 Å². The second kappa shape index (κ2) is 5.01. The molecule has 1 aromatic carbocycles. The topological polar surface area (TPSA) is 83.5 Å². The van der Waals surface area contributed by atoms with Crippen LogP contribution in [0.5, 0.6) is 0 Å². The summed E-state index contributed by atoms with van der Waals surface area (Å²) in [6, 6.07) is 4.88. The monoisotopic (exact) mass is 255 g/mol. The lowest BCUT2D eigenvalue weighted by Gasteiger charge is -2.06. The first kappa shape index (κ1) is 13.2. The van der Waals surface area contributed by atoms with E-state index in [-0.39, 0.29) is 0 Å². The first-order valence-corrected chi connectivity index (χ1v) is 6.66. The number of rotatable bonds is 4. The molecule has 1 rings (SSSR count). The minimum Gasteiger partial charge on any atom is -0.478 e. The van der Waals surface area contributed by atoms with Crippen LogP contribution in [0.4, 0.5) is 5.69 Å². The van der Waals surface area contributed by atoms with E-state index in [1.807, 2.05) is 0 Å². The third-order valence-electron chi connectivity index (χ3n) is 1.98. The van der Waals surface area contributed by atoms with Crippen LogP contribution in [0, 0.1) is 6.92 Å². The predicted octanol–water partition coefficient (Wildman–Crippen LogP) is 1.46. The summed E-state index contributed by atoms with van der Waals surface area (Å²) in [6.07, 6.45) is 3.56. The number of aliphatic carboxylic acids is 1. The van der Waals surface area contributed by atoms with Gasteiger partial charge in [-0.15, -0.1) is 0 Å². The van der Waals surface area contributed by atoms with E-state index in [0.717, 1.165) is 23.5 Å². The number of benzene rings is 1. The van der Waals surface area contributed by atoms with Crippen molar-refractivity contribution in [1.82, 2.24) is 0 Å². The SMILES string of the molecule is Cc1cc(NS(C)(=O)=O)ccc1/C=C/C(=O)O. The average Bonchev–Trinajstić information content (AvgIpc) is 2.13. The van der Waals surface area contributed by atoms with Crippen LogP contribution < -0.4 is 4.72 Å². The molecule has 92 valence electrons. The Kier molecular flexibility index (Phi) is 3.90. The minimum absolute atomic E-state index is 0.456. The Balaban J connectivity index is 2.98. The Morgan fingerprint density at radius 1 is 1.41 bits per heavy atom. The molecule has 0 spiro atoms. The van der Waals surface area contributed by atoms with Crippen LogP contribution in [0.15, 0.2) is 24.3 Å². The van der Waals surface area contributed by atoms with Crippen LogP contribution in [0.25, 0.3) is 6.08 Å². The molecule has 0 aliphatic heterocycles. The smallest absolute Gasteiger partial charge is 0.328 e. The molecule has 2 N–H and O–H groups in total. The first-order chi connectivity index (χ1) is 7.78. The Labute approximate surface area is 99.8 Å². The number of sulfonamides is 1. The van der Waals surface area contributed by atoms with E-state index >= 15 is 0 Å². The highest BCUT2D eigenvalue weighted by molar-refractivity contribution is 7.92. The van der Waals surface area contributed by atoms with E-state index in [1.165, 1.54) is 6.08 Å². The zero-order chi connectivity index (χ0) is 13.1. The van der Waals surface area contributed by atoms with E-state index in [9.17, 15) is 13.2 Å². The van der Waals surface area contributed by atoms with Gasteiger partial charge in [0.2, 0.25) is 10.0 Å². The van der Waals surface area contributed by atoms with Gasteiger partial charge in [0.15, 0.2) is 0 Å². The molecule has 0 atom stereocenters. The van der Waals surface area contributed by atoms with Crippen LogP contribution in [-0.2, 0) is 14.8 Å². The zero-order valence-corrected chi connectivity index (χ0v) is 10.3. The van der Waals surface area contributed by atoms with Crippen molar-refractivity contribution >= 4 is 27.8 Å². The molecule has 0 aliphatic rings. The van der Waals surface area contributed by atoms with Gasteiger partial charge in [-0.05, 0) is 36.3 Å². The maximum atomic E-state index is 11.0. The van der Waals surface area contributed by atoms with E-state index in [4.69, 9.17) is 5.11 Å². The van der Waals surface area contributed by atoms with Gasteiger partial charge < -0.3 is 5.11 Å². The molecule has 0 aliphatic carbocycles. The van der Waals surface area contributed by atoms with E-state index in [1.54, 1.807) is 25.1 Å². The molecule has 0 radical (unpaired) electrons. The number of aryl methyl sites for hydroxylation is 1. The highest BCUT2D eigenvalue weighted by Gasteiger charge is 2.03. The predicted molar refractivity (Wildman–Crippen MR) is 66.3 cm³/mol. The van der Waals surface area contributed by atoms with Gasteiger partial charge in [0.05, 0.1) is 6.26 Å². The number of anilines is 1. The molecule has 0 saturated heterocycles. The largest absolute Gasteiger partial charge is 0.478 e. The lowest BCUT2D eigenvalue weighted by Crippen LogP contribution is -2.09. The molecule has 0 amide bonds. The Morgan fingerprint density at radius 2 is 2.06 bits per heavy atom. The van der Waals surface area contributed by atoms with Crippen LogP contribution in [0.1, 0.15) is 11.1 Å². The lowest BCUT2D eigenvalue weighted by atomic mass is 10.1. The fourth-order valence-electron chi connectivity index (χ4n) is 1.30. The molecular formula is C11H13NO4S. The van der Waals surface area contributed by atoms with E-state index in [0.29, 0.717) is 5.69 Å². The van der Waals surface area contributed by atoms with Gasteiger partial charge in [0.1, 0.15) is 0 Å². The van der Waals surface area contributed by atoms with Gasteiger partial charge in [0.25, 0.3) is 0 Å². The number of hydrogen-bond acceptors (Lipinski definition) is 3. The Hall–Kier alpha value is -1.82. The molecule has 17 heavy (non-hydrogen) atoms. The van der Waals surface area contributed by atoms with Gasteiger partial charge in [-0.2, -0.15) is 0 Å². The third-order valence-corrected chi connectivity index (χ3v) is 2.59. The second-order valence-corrected chi connectivity index (χ2v) is 5.37. The Morgan fingerprint density at radius 3 is 2.53 bits per heavy atom. The summed E-state index contributed by atoms with van der Waals surface area (Å²) < 4.78 is 24.4. The molecule has 0 bridgehead atoms. The van der Waals surface area contributed by atoms with Crippen molar-refractivity contribution in [3.05, 3.63) is 35.4 Å². The molecule has 0 aromatic heterocycles. The zero-order valence-electron chi connectivity index (χ0n) is 9.47. The summed E-state index contributed by atoms with van der Waals surface area (Å²) in [6.45, 7) is 1.77. The highest BCUT2D eigenvalue weighted by Crippen LogP contribution is 2.17. The molecular weight excluding hydrogens is 242 g/mol. The quantitative estimate of drug-likeness (QED) is 0.798. The summed E-state index contributed by atoms with van der Waals surface area (Å²) in [7, 11) is -3.29. The van der Waals surface area contributed by atoms with Crippen LogP contribution in [0.3, 0.4) is 0 Å². The Bertz CT molecular complexity index is 561.